The summed E-state index contributed by atoms with van der Waals surface area (Å²) < 4.78 is 16.2. The van der Waals surface area contributed by atoms with Crippen molar-refractivity contribution in [3.8, 4) is 6.07 Å². The van der Waals surface area contributed by atoms with Gasteiger partial charge in [0, 0.05) is 22.0 Å². The third kappa shape index (κ3) is 4.59. The van der Waals surface area contributed by atoms with Gasteiger partial charge in [-0.05, 0) is 30.8 Å². The number of fused-ring (bicyclic) bond motifs is 2. The third-order valence-corrected chi connectivity index (χ3v) is 8.51. The summed E-state index contributed by atoms with van der Waals surface area (Å²) in [5.41, 5.74) is 0.495. The largest absolute Gasteiger partial charge is 0.469 e. The number of nitriles is 1. The van der Waals surface area contributed by atoms with Crippen LogP contribution in [0.15, 0.2) is 48.5 Å². The molecule has 4 rings (SSSR count). The molecule has 2 aromatic carbocycles. The number of carbonyl (C=O) groups is 3. The molecule has 0 saturated heterocycles. The zero-order chi connectivity index (χ0) is 28.7. The van der Waals surface area contributed by atoms with Crippen molar-refractivity contribution in [2.24, 2.45) is 10.8 Å². The van der Waals surface area contributed by atoms with Gasteiger partial charge in [-0.3, -0.25) is 14.4 Å². The van der Waals surface area contributed by atoms with Crippen LogP contribution in [0, 0.1) is 22.2 Å². The Morgan fingerprint density at radius 1 is 0.842 bits per heavy atom. The van der Waals surface area contributed by atoms with Crippen molar-refractivity contribution in [3.05, 3.63) is 70.8 Å². The Morgan fingerprint density at radius 2 is 1.34 bits per heavy atom. The van der Waals surface area contributed by atoms with Crippen LogP contribution in [0.5, 0.6) is 0 Å². The Morgan fingerprint density at radius 3 is 1.87 bits per heavy atom. The highest BCUT2D eigenvalue weighted by Crippen LogP contribution is 2.60. The molecule has 202 valence electrons. The molecule has 0 aromatic heterocycles. The summed E-state index contributed by atoms with van der Waals surface area (Å²) in [4.78, 5) is 36.3. The van der Waals surface area contributed by atoms with Crippen LogP contribution in [0.2, 0.25) is 19.6 Å². The number of rotatable bonds is 4. The van der Waals surface area contributed by atoms with Crippen LogP contribution in [-0.4, -0.2) is 40.3 Å². The number of benzene rings is 2. The Hall–Kier alpha value is -3.28. The van der Waals surface area contributed by atoms with Crippen LogP contribution in [0.25, 0.3) is 0 Å². The lowest BCUT2D eigenvalue weighted by molar-refractivity contribution is -0.148. The number of Topliss-reactive ketones (excluding diaryl/α,β-unsaturated/α-hetero) is 1. The average molecular weight is 536 g/mol. The lowest BCUT2D eigenvalue weighted by Crippen LogP contribution is -2.49. The maximum absolute atomic E-state index is 12.4. The summed E-state index contributed by atoms with van der Waals surface area (Å²) in [6, 6.07) is 17.2. The minimum atomic E-state index is -2.02. The summed E-state index contributed by atoms with van der Waals surface area (Å²) in [6.07, 6.45) is 0. The number of methoxy groups -OCH3 is 2. The Bertz CT molecular complexity index is 1300. The van der Waals surface area contributed by atoms with Gasteiger partial charge < -0.3 is 13.9 Å². The fraction of sp³-hybridized carbons (Fsp3) is 0.467. The van der Waals surface area contributed by atoms with Gasteiger partial charge in [-0.1, -0.05) is 76.2 Å². The maximum atomic E-state index is 12.4. The van der Waals surface area contributed by atoms with Gasteiger partial charge in [0.2, 0.25) is 0 Å². The van der Waals surface area contributed by atoms with Crippen LogP contribution in [0.1, 0.15) is 66.6 Å². The van der Waals surface area contributed by atoms with Crippen LogP contribution in [0.3, 0.4) is 0 Å². The van der Waals surface area contributed by atoms with E-state index >= 15 is 0 Å². The Kier molecular flexibility index (Phi) is 7.80. The van der Waals surface area contributed by atoms with E-state index in [1.165, 1.54) is 14.2 Å². The number of hydrogen-bond donors (Lipinski definition) is 0. The van der Waals surface area contributed by atoms with E-state index in [0.717, 1.165) is 16.7 Å². The van der Waals surface area contributed by atoms with E-state index in [9.17, 15) is 19.6 Å². The molecule has 8 heteroatoms. The van der Waals surface area contributed by atoms with Crippen molar-refractivity contribution in [2.75, 3.05) is 14.2 Å². The van der Waals surface area contributed by atoms with Crippen molar-refractivity contribution < 1.29 is 28.3 Å². The summed E-state index contributed by atoms with van der Waals surface area (Å²) in [7, 11) is 0.711. The fourth-order valence-electron chi connectivity index (χ4n) is 5.78. The summed E-state index contributed by atoms with van der Waals surface area (Å²) >= 11 is 0. The van der Waals surface area contributed by atoms with Crippen molar-refractivity contribution in [3.63, 3.8) is 0 Å². The topological polar surface area (TPSA) is 103 Å². The minimum Gasteiger partial charge on any atom is -0.469 e. The smallest absolute Gasteiger partial charge is 0.314 e. The first-order valence-corrected chi connectivity index (χ1v) is 16.0. The molecule has 38 heavy (non-hydrogen) atoms. The Labute approximate surface area is 226 Å². The Balaban J connectivity index is 0.000000221. The van der Waals surface area contributed by atoms with Crippen LogP contribution in [-0.2, 0) is 29.1 Å². The van der Waals surface area contributed by atoms with E-state index in [2.05, 4.69) is 25.7 Å². The highest BCUT2D eigenvalue weighted by molar-refractivity contribution is 6.69. The van der Waals surface area contributed by atoms with E-state index in [1.807, 2.05) is 56.3 Å². The van der Waals surface area contributed by atoms with Gasteiger partial charge in [0.15, 0.2) is 19.7 Å². The zero-order valence-electron chi connectivity index (χ0n) is 23.7. The second-order valence-electron chi connectivity index (χ2n) is 11.9. The normalized spacial score (nSPS) is 24.3. The quantitative estimate of drug-likeness (QED) is 0.364. The van der Waals surface area contributed by atoms with Crippen molar-refractivity contribution in [2.45, 2.75) is 64.8 Å². The van der Waals surface area contributed by atoms with Gasteiger partial charge in [0.25, 0.3) is 0 Å². The molecule has 0 N–H and O–H groups in total. The molecule has 0 saturated carbocycles. The monoisotopic (exact) mass is 535 g/mol. The van der Waals surface area contributed by atoms with E-state index in [0.29, 0.717) is 5.56 Å². The standard InChI is InChI=1S/C17H23NO3Si.C13H14O3/c1-16(2)14(15(19)20-3)12-9-7-8-10-13(12)17(16,11-18)21-22(4,5)6;1-13(2)10(12(15)16-3)8-6-4-5-7-9(8)11(13)14/h7-10,14H,1-6H3;4-7,10H,1-3H3. The molecule has 0 fully saturated rings. The number of nitrogens with zero attached hydrogens (tertiary/aromatic N) is 1. The maximum Gasteiger partial charge on any atom is 0.314 e. The lowest BCUT2D eigenvalue weighted by atomic mass is 9.71. The fourth-order valence-corrected chi connectivity index (χ4v) is 7.12. The summed E-state index contributed by atoms with van der Waals surface area (Å²) in [5.74, 6) is -1.65. The molecule has 3 unspecified atom stereocenters. The van der Waals surface area contributed by atoms with E-state index < -0.39 is 36.6 Å². The SMILES string of the molecule is COC(=O)C1c2ccccc2C(=O)C1(C)C.COC(=O)C1c2ccccc2C(C#N)(O[Si](C)(C)C)C1(C)C. The number of ketones is 1. The minimum absolute atomic E-state index is 0.0125. The molecule has 0 radical (unpaired) electrons. The number of hydrogen-bond acceptors (Lipinski definition) is 7. The van der Waals surface area contributed by atoms with Crippen molar-refractivity contribution in [1.29, 1.82) is 5.26 Å². The summed E-state index contributed by atoms with van der Waals surface area (Å²) in [6.45, 7) is 13.6. The van der Waals surface area contributed by atoms with Gasteiger partial charge in [-0.25, -0.2) is 0 Å². The van der Waals surface area contributed by atoms with Gasteiger partial charge in [-0.2, -0.15) is 5.26 Å². The molecular weight excluding hydrogens is 498 g/mol. The zero-order valence-corrected chi connectivity index (χ0v) is 24.7. The first kappa shape index (κ1) is 29.3. The molecule has 0 spiro atoms. The van der Waals surface area contributed by atoms with E-state index in [4.69, 9.17) is 13.9 Å². The first-order valence-electron chi connectivity index (χ1n) is 12.6. The highest BCUT2D eigenvalue weighted by atomic mass is 28.4. The van der Waals surface area contributed by atoms with Gasteiger partial charge in [0.05, 0.1) is 26.1 Å². The van der Waals surface area contributed by atoms with Crippen LogP contribution >= 0.6 is 0 Å². The van der Waals surface area contributed by atoms with E-state index in [-0.39, 0.29) is 17.7 Å². The molecule has 2 aromatic rings. The molecule has 3 atom stereocenters. The molecule has 7 nitrogen and oxygen atoms in total. The molecule has 0 heterocycles. The average Bonchev–Trinajstić information content (AvgIpc) is 3.18. The lowest BCUT2D eigenvalue weighted by Gasteiger charge is -2.42. The molecule has 0 bridgehead atoms. The number of carbonyl (C=O) groups excluding carboxylic acids is 3. The van der Waals surface area contributed by atoms with Crippen LogP contribution in [0.4, 0.5) is 0 Å². The molecule has 0 aliphatic heterocycles. The van der Waals surface area contributed by atoms with Gasteiger partial charge >= 0.3 is 11.9 Å². The molecular formula is C30H37NO6Si. The molecule has 2 aliphatic carbocycles. The van der Waals surface area contributed by atoms with Gasteiger partial charge in [-0.15, -0.1) is 0 Å². The predicted octanol–water partition coefficient (Wildman–Crippen LogP) is 5.72. The second kappa shape index (κ2) is 10.1. The number of esters is 2. The third-order valence-electron chi connectivity index (χ3n) is 7.59. The first-order chi connectivity index (χ1) is 17.6. The molecule has 0 amide bonds. The highest BCUT2D eigenvalue weighted by Gasteiger charge is 2.63. The van der Waals surface area contributed by atoms with Crippen molar-refractivity contribution in [1.82, 2.24) is 0 Å². The van der Waals surface area contributed by atoms with Crippen LogP contribution < -0.4 is 0 Å². The summed E-state index contributed by atoms with van der Waals surface area (Å²) in [5, 5.41) is 10.0. The predicted molar refractivity (Wildman–Crippen MR) is 146 cm³/mol. The van der Waals surface area contributed by atoms with Crippen molar-refractivity contribution >= 4 is 26.0 Å². The second-order valence-corrected chi connectivity index (χ2v) is 16.3. The van der Waals surface area contributed by atoms with E-state index in [1.54, 1.807) is 19.9 Å². The molecule has 2 aliphatic rings. The van der Waals surface area contributed by atoms with Gasteiger partial charge in [0.1, 0.15) is 6.07 Å². The number of ether oxygens (including phenoxy) is 2.